The number of guanidine groups is 1. The monoisotopic (exact) mass is 546 g/mol. The minimum absolute atomic E-state index is 0. The van der Waals surface area contributed by atoms with Gasteiger partial charge in [-0.2, -0.15) is 0 Å². The maximum absolute atomic E-state index is 5.95. The fourth-order valence-electron chi connectivity index (χ4n) is 3.14. The molecule has 0 saturated carbocycles. The molecule has 4 rings (SSSR count). The van der Waals surface area contributed by atoms with Crippen LogP contribution in [0, 0.1) is 0 Å². The highest BCUT2D eigenvalue weighted by atomic mass is 127. The van der Waals surface area contributed by atoms with Crippen molar-refractivity contribution in [3.8, 4) is 17.4 Å². The zero-order valence-corrected chi connectivity index (χ0v) is 20.2. The Kier molecular flexibility index (Phi) is 8.97. The predicted octanol–water partition coefficient (Wildman–Crippen LogP) is 4.26. The summed E-state index contributed by atoms with van der Waals surface area (Å²) >= 11 is 0. The molecule has 0 radical (unpaired) electrons. The number of hydrogen-bond donors (Lipinski definition) is 2. The van der Waals surface area contributed by atoms with Crippen LogP contribution in [0.5, 0.6) is 17.4 Å². The molecule has 3 aromatic rings. The molecule has 8 heteroatoms. The molecule has 2 heterocycles. The molecule has 168 valence electrons. The summed E-state index contributed by atoms with van der Waals surface area (Å²) in [7, 11) is 0. The van der Waals surface area contributed by atoms with E-state index in [2.05, 4.69) is 20.6 Å². The summed E-state index contributed by atoms with van der Waals surface area (Å²) in [5, 5.41) is 6.64. The zero-order chi connectivity index (χ0) is 21.3. The van der Waals surface area contributed by atoms with Crippen LogP contribution >= 0.6 is 24.0 Å². The van der Waals surface area contributed by atoms with Gasteiger partial charge in [-0.1, -0.05) is 42.5 Å². The SMILES string of the molecule is CCNC(=NCc1ccc2c(c1)OCO2)NCc1cccnc1OCc1ccccc1.I. The molecule has 1 aliphatic rings. The van der Waals surface area contributed by atoms with E-state index in [0.29, 0.717) is 25.6 Å². The first-order chi connectivity index (χ1) is 15.3. The molecule has 0 bridgehead atoms. The van der Waals surface area contributed by atoms with Crippen LogP contribution in [0.3, 0.4) is 0 Å². The van der Waals surface area contributed by atoms with Gasteiger partial charge in [-0.25, -0.2) is 9.98 Å². The highest BCUT2D eigenvalue weighted by Crippen LogP contribution is 2.32. The number of fused-ring (bicyclic) bond motifs is 1. The van der Waals surface area contributed by atoms with E-state index in [1.54, 1.807) is 6.20 Å². The smallest absolute Gasteiger partial charge is 0.231 e. The van der Waals surface area contributed by atoms with Gasteiger partial charge in [0, 0.05) is 24.8 Å². The lowest BCUT2D eigenvalue weighted by Gasteiger charge is -2.14. The molecule has 2 aromatic carbocycles. The molecule has 0 aliphatic carbocycles. The number of pyridine rings is 1. The number of hydrogen-bond acceptors (Lipinski definition) is 5. The van der Waals surface area contributed by atoms with E-state index in [0.717, 1.165) is 40.7 Å². The van der Waals surface area contributed by atoms with Crippen LogP contribution in [-0.2, 0) is 19.7 Å². The third-order valence-corrected chi connectivity index (χ3v) is 4.72. The van der Waals surface area contributed by atoms with Crippen LogP contribution < -0.4 is 24.8 Å². The van der Waals surface area contributed by atoms with Gasteiger partial charge in [-0.3, -0.25) is 0 Å². The summed E-state index contributed by atoms with van der Waals surface area (Å²) < 4.78 is 16.8. The van der Waals surface area contributed by atoms with Crippen LogP contribution in [0.1, 0.15) is 23.6 Å². The van der Waals surface area contributed by atoms with Gasteiger partial charge in [0.05, 0.1) is 6.54 Å². The van der Waals surface area contributed by atoms with E-state index >= 15 is 0 Å². The normalized spacial score (nSPS) is 12.1. The van der Waals surface area contributed by atoms with Gasteiger partial charge in [0.25, 0.3) is 0 Å². The molecular weight excluding hydrogens is 519 g/mol. The highest BCUT2D eigenvalue weighted by molar-refractivity contribution is 14.0. The number of aromatic nitrogens is 1. The molecule has 0 unspecified atom stereocenters. The van der Waals surface area contributed by atoms with Crippen molar-refractivity contribution < 1.29 is 14.2 Å². The summed E-state index contributed by atoms with van der Waals surface area (Å²) in [6.45, 7) is 4.62. The average Bonchev–Trinajstić information content (AvgIpc) is 3.29. The van der Waals surface area contributed by atoms with Crippen molar-refractivity contribution in [2.45, 2.75) is 26.6 Å². The van der Waals surface area contributed by atoms with Crippen molar-refractivity contribution in [3.05, 3.63) is 83.6 Å². The first-order valence-corrected chi connectivity index (χ1v) is 10.3. The average molecular weight is 546 g/mol. The number of nitrogens with zero attached hydrogens (tertiary/aromatic N) is 2. The molecule has 1 aromatic heterocycles. The van der Waals surface area contributed by atoms with Crippen molar-refractivity contribution in [3.63, 3.8) is 0 Å². The third kappa shape index (κ3) is 6.49. The van der Waals surface area contributed by atoms with E-state index in [1.807, 2.05) is 67.6 Å². The Bertz CT molecular complexity index is 1030. The van der Waals surface area contributed by atoms with Gasteiger partial charge in [0.2, 0.25) is 12.7 Å². The lowest BCUT2D eigenvalue weighted by Crippen LogP contribution is -2.36. The lowest BCUT2D eigenvalue weighted by molar-refractivity contribution is 0.174. The number of ether oxygens (including phenoxy) is 3. The minimum atomic E-state index is 0. The Morgan fingerprint density at radius 1 is 1.00 bits per heavy atom. The lowest BCUT2D eigenvalue weighted by atomic mass is 10.2. The minimum Gasteiger partial charge on any atom is -0.473 e. The summed E-state index contributed by atoms with van der Waals surface area (Å²) in [6, 6.07) is 19.8. The summed E-state index contributed by atoms with van der Waals surface area (Å²) in [4.78, 5) is 9.08. The summed E-state index contributed by atoms with van der Waals surface area (Å²) in [5.74, 6) is 2.88. The second-order valence-electron chi connectivity index (χ2n) is 6.98. The van der Waals surface area contributed by atoms with Crippen LogP contribution in [-0.4, -0.2) is 24.3 Å². The fourth-order valence-corrected chi connectivity index (χ4v) is 3.14. The molecule has 0 saturated heterocycles. The van der Waals surface area contributed by atoms with Gasteiger partial charge < -0.3 is 24.8 Å². The quantitative estimate of drug-likeness (QED) is 0.250. The number of nitrogens with one attached hydrogen (secondary N) is 2. The van der Waals surface area contributed by atoms with Crippen LogP contribution in [0.15, 0.2) is 71.9 Å². The van der Waals surface area contributed by atoms with Gasteiger partial charge in [-0.15, -0.1) is 24.0 Å². The maximum Gasteiger partial charge on any atom is 0.231 e. The standard InChI is InChI=1S/C24H26N4O3.HI/c1-2-25-24(27-14-19-10-11-21-22(13-19)31-17-30-21)28-15-20-9-6-12-26-23(20)29-16-18-7-4-3-5-8-18;/h3-13H,2,14-17H2,1H3,(H2,25,27,28);1H. The third-order valence-electron chi connectivity index (χ3n) is 4.72. The van der Waals surface area contributed by atoms with Crippen molar-refractivity contribution in [1.29, 1.82) is 0 Å². The van der Waals surface area contributed by atoms with Crippen molar-refractivity contribution in [1.82, 2.24) is 15.6 Å². The topological polar surface area (TPSA) is 77.0 Å². The summed E-state index contributed by atoms with van der Waals surface area (Å²) in [5.41, 5.74) is 3.12. The van der Waals surface area contributed by atoms with Crippen molar-refractivity contribution in [2.24, 2.45) is 4.99 Å². The first-order valence-electron chi connectivity index (χ1n) is 10.3. The first kappa shape index (κ1) is 23.6. The van der Waals surface area contributed by atoms with Gasteiger partial charge in [-0.05, 0) is 36.2 Å². The number of benzene rings is 2. The number of aliphatic imine (C=N–C) groups is 1. The Hall–Kier alpha value is -3.01. The predicted molar refractivity (Wildman–Crippen MR) is 135 cm³/mol. The van der Waals surface area contributed by atoms with Crippen LogP contribution in [0.25, 0.3) is 0 Å². The zero-order valence-electron chi connectivity index (χ0n) is 17.9. The Morgan fingerprint density at radius 2 is 1.84 bits per heavy atom. The van der Waals surface area contributed by atoms with E-state index in [9.17, 15) is 0 Å². The molecule has 0 spiro atoms. The Morgan fingerprint density at radius 3 is 2.69 bits per heavy atom. The van der Waals surface area contributed by atoms with E-state index < -0.39 is 0 Å². The second-order valence-corrected chi connectivity index (χ2v) is 6.98. The van der Waals surface area contributed by atoms with E-state index in [4.69, 9.17) is 14.2 Å². The van der Waals surface area contributed by atoms with Gasteiger partial charge in [0.1, 0.15) is 6.61 Å². The van der Waals surface area contributed by atoms with Gasteiger partial charge in [0.15, 0.2) is 17.5 Å². The molecule has 7 nitrogen and oxygen atoms in total. The Balaban J connectivity index is 0.00000289. The van der Waals surface area contributed by atoms with Crippen LogP contribution in [0.2, 0.25) is 0 Å². The molecule has 2 N–H and O–H groups in total. The number of rotatable bonds is 8. The Labute approximate surface area is 205 Å². The maximum atomic E-state index is 5.95. The molecule has 32 heavy (non-hydrogen) atoms. The van der Waals surface area contributed by atoms with Crippen molar-refractivity contribution in [2.75, 3.05) is 13.3 Å². The molecule has 0 amide bonds. The summed E-state index contributed by atoms with van der Waals surface area (Å²) in [6.07, 6.45) is 1.74. The number of halogens is 1. The van der Waals surface area contributed by atoms with E-state index in [1.165, 1.54) is 0 Å². The molecule has 0 fully saturated rings. The van der Waals surface area contributed by atoms with E-state index in [-0.39, 0.29) is 30.8 Å². The van der Waals surface area contributed by atoms with Gasteiger partial charge >= 0.3 is 0 Å². The molecule has 0 atom stereocenters. The molecule has 1 aliphatic heterocycles. The fraction of sp³-hybridized carbons (Fsp3) is 0.250. The highest BCUT2D eigenvalue weighted by Gasteiger charge is 2.13. The largest absolute Gasteiger partial charge is 0.473 e. The molecular formula is C24H27IN4O3. The second kappa shape index (κ2) is 12.1. The van der Waals surface area contributed by atoms with Crippen LogP contribution in [0.4, 0.5) is 0 Å². The van der Waals surface area contributed by atoms with Crippen molar-refractivity contribution >= 4 is 29.9 Å².